The molecule has 4 heteroatoms. The summed E-state index contributed by atoms with van der Waals surface area (Å²) < 4.78 is 23.0. The molecule has 0 radical (unpaired) electrons. The molecule has 0 fully saturated rings. The standard InChI is InChI=1S/C12H17FO3/c1-12(14,8-11(15-2)16-3)9-5-4-6-10(13)7-9/h4-7,11,14H,8H2,1-3H3. The third-order valence-electron chi connectivity index (χ3n) is 2.54. The van der Waals surface area contributed by atoms with E-state index in [2.05, 4.69) is 0 Å². The summed E-state index contributed by atoms with van der Waals surface area (Å²) in [5.41, 5.74) is -0.676. The lowest BCUT2D eigenvalue weighted by molar-refractivity contribution is -0.142. The van der Waals surface area contributed by atoms with E-state index in [1.807, 2.05) is 0 Å². The maximum atomic E-state index is 13.0. The van der Waals surface area contributed by atoms with Gasteiger partial charge in [-0.1, -0.05) is 12.1 Å². The number of benzene rings is 1. The molecule has 0 aliphatic heterocycles. The summed E-state index contributed by atoms with van der Waals surface area (Å²) >= 11 is 0. The first-order chi connectivity index (χ1) is 7.49. The third-order valence-corrected chi connectivity index (χ3v) is 2.54. The first-order valence-corrected chi connectivity index (χ1v) is 5.03. The zero-order chi connectivity index (χ0) is 12.2. The average Bonchev–Trinajstić information content (AvgIpc) is 2.26. The molecule has 90 valence electrons. The van der Waals surface area contributed by atoms with Gasteiger partial charge < -0.3 is 14.6 Å². The Kier molecular flexibility index (Phi) is 4.41. The van der Waals surface area contributed by atoms with Crippen molar-refractivity contribution in [3.8, 4) is 0 Å². The number of methoxy groups -OCH3 is 2. The zero-order valence-corrected chi connectivity index (χ0v) is 9.74. The van der Waals surface area contributed by atoms with E-state index in [0.29, 0.717) is 5.56 Å². The quantitative estimate of drug-likeness (QED) is 0.784. The van der Waals surface area contributed by atoms with Crippen LogP contribution in [0.1, 0.15) is 18.9 Å². The van der Waals surface area contributed by atoms with E-state index >= 15 is 0 Å². The maximum Gasteiger partial charge on any atom is 0.159 e. The van der Waals surface area contributed by atoms with E-state index in [0.717, 1.165) is 0 Å². The SMILES string of the molecule is COC(CC(C)(O)c1cccc(F)c1)OC. The topological polar surface area (TPSA) is 38.7 Å². The van der Waals surface area contributed by atoms with E-state index in [4.69, 9.17) is 9.47 Å². The number of hydrogen-bond donors (Lipinski definition) is 1. The van der Waals surface area contributed by atoms with Crippen molar-refractivity contribution in [1.82, 2.24) is 0 Å². The Labute approximate surface area is 94.8 Å². The second-order valence-corrected chi connectivity index (χ2v) is 3.89. The fourth-order valence-corrected chi connectivity index (χ4v) is 1.53. The predicted molar refractivity (Wildman–Crippen MR) is 58.4 cm³/mol. The smallest absolute Gasteiger partial charge is 0.159 e. The monoisotopic (exact) mass is 228 g/mol. The average molecular weight is 228 g/mol. The van der Waals surface area contributed by atoms with E-state index < -0.39 is 11.9 Å². The van der Waals surface area contributed by atoms with Crippen LogP contribution in [0.4, 0.5) is 4.39 Å². The van der Waals surface area contributed by atoms with Crippen molar-refractivity contribution in [2.45, 2.75) is 25.2 Å². The highest BCUT2D eigenvalue weighted by atomic mass is 19.1. The Morgan fingerprint density at radius 1 is 1.38 bits per heavy atom. The van der Waals surface area contributed by atoms with Crippen LogP contribution in [0.15, 0.2) is 24.3 Å². The van der Waals surface area contributed by atoms with Gasteiger partial charge in [0, 0.05) is 20.6 Å². The molecule has 0 saturated carbocycles. The largest absolute Gasteiger partial charge is 0.385 e. The van der Waals surface area contributed by atoms with Gasteiger partial charge in [0.15, 0.2) is 6.29 Å². The van der Waals surface area contributed by atoms with Crippen molar-refractivity contribution in [1.29, 1.82) is 0 Å². The molecule has 1 N–H and O–H groups in total. The van der Waals surface area contributed by atoms with Gasteiger partial charge in [-0.2, -0.15) is 0 Å². The molecular weight excluding hydrogens is 211 g/mol. The number of ether oxygens (including phenoxy) is 2. The molecule has 0 amide bonds. The van der Waals surface area contributed by atoms with Gasteiger partial charge in [-0.25, -0.2) is 4.39 Å². The van der Waals surface area contributed by atoms with Crippen molar-refractivity contribution < 1.29 is 19.0 Å². The van der Waals surface area contributed by atoms with Crippen molar-refractivity contribution in [3.63, 3.8) is 0 Å². The summed E-state index contributed by atoms with van der Waals surface area (Å²) in [7, 11) is 2.99. The maximum absolute atomic E-state index is 13.0. The molecule has 1 aromatic carbocycles. The fraction of sp³-hybridized carbons (Fsp3) is 0.500. The molecule has 0 aromatic heterocycles. The number of hydrogen-bond acceptors (Lipinski definition) is 3. The second-order valence-electron chi connectivity index (χ2n) is 3.89. The molecule has 0 bridgehead atoms. The lowest BCUT2D eigenvalue weighted by atomic mass is 9.92. The molecule has 1 atom stereocenters. The Hall–Kier alpha value is -0.970. The van der Waals surface area contributed by atoms with Gasteiger partial charge in [0.05, 0.1) is 5.60 Å². The summed E-state index contributed by atoms with van der Waals surface area (Å²) in [6, 6.07) is 5.88. The van der Waals surface area contributed by atoms with Crippen LogP contribution < -0.4 is 0 Å². The van der Waals surface area contributed by atoms with Crippen molar-refractivity contribution in [3.05, 3.63) is 35.6 Å². The summed E-state index contributed by atoms with van der Waals surface area (Å²) in [5, 5.41) is 10.2. The van der Waals surface area contributed by atoms with Crippen LogP contribution in [-0.2, 0) is 15.1 Å². The lowest BCUT2D eigenvalue weighted by Gasteiger charge is -2.27. The van der Waals surface area contributed by atoms with Crippen LogP contribution in [0.25, 0.3) is 0 Å². The van der Waals surface area contributed by atoms with Crippen LogP contribution in [0, 0.1) is 5.82 Å². The number of rotatable bonds is 5. The van der Waals surface area contributed by atoms with Crippen LogP contribution in [0.3, 0.4) is 0 Å². The molecule has 0 aliphatic carbocycles. The predicted octanol–water partition coefficient (Wildman–Crippen LogP) is 2.04. The summed E-state index contributed by atoms with van der Waals surface area (Å²) in [4.78, 5) is 0. The van der Waals surface area contributed by atoms with Crippen LogP contribution in [0.2, 0.25) is 0 Å². The molecular formula is C12H17FO3. The first-order valence-electron chi connectivity index (χ1n) is 5.03. The molecule has 0 saturated heterocycles. The van der Waals surface area contributed by atoms with Gasteiger partial charge in [-0.3, -0.25) is 0 Å². The number of aliphatic hydroxyl groups is 1. The molecule has 0 spiro atoms. The Bertz CT molecular complexity index is 335. The summed E-state index contributed by atoms with van der Waals surface area (Å²) in [6.45, 7) is 1.60. The minimum atomic E-state index is -1.18. The van der Waals surface area contributed by atoms with Crippen LogP contribution >= 0.6 is 0 Å². The van der Waals surface area contributed by atoms with Gasteiger partial charge in [0.25, 0.3) is 0 Å². The normalized spacial score (nSPS) is 15.1. The van der Waals surface area contributed by atoms with Crippen LogP contribution in [-0.4, -0.2) is 25.6 Å². The van der Waals surface area contributed by atoms with E-state index in [1.165, 1.54) is 26.4 Å². The highest BCUT2D eigenvalue weighted by molar-refractivity contribution is 5.22. The molecule has 1 aromatic rings. The highest BCUT2D eigenvalue weighted by Crippen LogP contribution is 2.27. The van der Waals surface area contributed by atoms with E-state index in [-0.39, 0.29) is 12.2 Å². The second kappa shape index (κ2) is 5.39. The first kappa shape index (κ1) is 13.1. The Balaban J connectivity index is 2.84. The van der Waals surface area contributed by atoms with E-state index in [9.17, 15) is 9.50 Å². The van der Waals surface area contributed by atoms with Gasteiger partial charge in [-0.15, -0.1) is 0 Å². The molecule has 3 nitrogen and oxygen atoms in total. The van der Waals surface area contributed by atoms with Gasteiger partial charge in [-0.05, 0) is 24.6 Å². The molecule has 1 unspecified atom stereocenters. The highest BCUT2D eigenvalue weighted by Gasteiger charge is 2.27. The van der Waals surface area contributed by atoms with Gasteiger partial charge in [0.1, 0.15) is 5.82 Å². The minimum Gasteiger partial charge on any atom is -0.385 e. The number of halogens is 1. The van der Waals surface area contributed by atoms with Gasteiger partial charge >= 0.3 is 0 Å². The summed E-state index contributed by atoms with van der Waals surface area (Å²) in [6.07, 6.45) is -0.276. The minimum absolute atomic E-state index is 0.240. The molecule has 1 rings (SSSR count). The Morgan fingerprint density at radius 3 is 2.50 bits per heavy atom. The van der Waals surface area contributed by atoms with Crippen molar-refractivity contribution in [2.24, 2.45) is 0 Å². The molecule has 0 aliphatic rings. The van der Waals surface area contributed by atoms with Crippen LogP contribution in [0.5, 0.6) is 0 Å². The van der Waals surface area contributed by atoms with Crippen molar-refractivity contribution >= 4 is 0 Å². The summed E-state index contributed by atoms with van der Waals surface area (Å²) in [5.74, 6) is -0.371. The van der Waals surface area contributed by atoms with E-state index in [1.54, 1.807) is 19.1 Å². The van der Waals surface area contributed by atoms with Crippen molar-refractivity contribution in [2.75, 3.05) is 14.2 Å². The Morgan fingerprint density at radius 2 is 2.00 bits per heavy atom. The van der Waals surface area contributed by atoms with Gasteiger partial charge in [0.2, 0.25) is 0 Å². The fourth-order valence-electron chi connectivity index (χ4n) is 1.53. The zero-order valence-electron chi connectivity index (χ0n) is 9.74. The molecule has 16 heavy (non-hydrogen) atoms. The lowest BCUT2D eigenvalue weighted by Crippen LogP contribution is -2.29. The molecule has 0 heterocycles. The third kappa shape index (κ3) is 3.27.